The van der Waals surface area contributed by atoms with Crippen LogP contribution in [0.3, 0.4) is 0 Å². The first-order chi connectivity index (χ1) is 15.2. The number of ether oxygens (including phenoxy) is 1. The third kappa shape index (κ3) is 4.09. The van der Waals surface area contributed by atoms with Crippen LogP contribution in [-0.4, -0.2) is 51.7 Å². The number of benzene rings is 1. The summed E-state index contributed by atoms with van der Waals surface area (Å²) in [7, 11) is 1.61. The lowest BCUT2D eigenvalue weighted by Gasteiger charge is -2.56. The van der Waals surface area contributed by atoms with Crippen molar-refractivity contribution in [2.24, 2.45) is 0 Å². The van der Waals surface area contributed by atoms with Gasteiger partial charge in [0.1, 0.15) is 11.4 Å². The number of hydrogen-bond acceptors (Lipinski definition) is 5. The Morgan fingerprint density at radius 3 is 2.70 bits per heavy atom. The quantitative estimate of drug-likeness (QED) is 0.658. The standard InChI is InChI=1S/C22H23ClFN3O5.ClH/c1-3-27-21(31)17-19(29)18(28)14(10-26(17)11-22(27)7-13(8-22)32-2)20(30)25-9-12-5-4-6-15(23)16(12)24;/h4-6,10,13,29H,3,7-9,11H2,1-2H3,(H,25,30);1H/t13-,22-;. The van der Waals surface area contributed by atoms with E-state index in [9.17, 15) is 23.9 Å². The number of pyridine rings is 1. The third-order valence-corrected chi connectivity index (χ3v) is 6.61. The van der Waals surface area contributed by atoms with Crippen molar-refractivity contribution in [3.63, 3.8) is 0 Å². The Labute approximate surface area is 200 Å². The number of amides is 2. The van der Waals surface area contributed by atoms with E-state index in [2.05, 4.69) is 5.32 Å². The van der Waals surface area contributed by atoms with Crippen molar-refractivity contribution in [3.8, 4) is 5.75 Å². The molecule has 2 N–H and O–H groups in total. The van der Waals surface area contributed by atoms with Gasteiger partial charge in [-0.1, -0.05) is 23.7 Å². The van der Waals surface area contributed by atoms with E-state index in [1.54, 1.807) is 18.1 Å². The molecule has 2 amide bonds. The molecule has 0 bridgehead atoms. The SMILES string of the molecule is CCN1C(=O)c2c(O)c(=O)c(C(=O)NCc3cccc(Cl)c3F)cn2C[C@]12C[C@@H](OC)C2.Cl. The van der Waals surface area contributed by atoms with Gasteiger partial charge in [-0.15, -0.1) is 12.4 Å². The van der Waals surface area contributed by atoms with Gasteiger partial charge >= 0.3 is 0 Å². The summed E-state index contributed by atoms with van der Waals surface area (Å²) in [5.41, 5.74) is -1.77. The highest BCUT2D eigenvalue weighted by atomic mass is 35.5. The number of halogens is 3. The monoisotopic (exact) mass is 499 g/mol. The number of likely N-dealkylation sites (N-methyl/N-ethyl adjacent to an activating group) is 1. The predicted octanol–water partition coefficient (Wildman–Crippen LogP) is 2.72. The van der Waals surface area contributed by atoms with Crippen LogP contribution in [0.1, 0.15) is 46.2 Å². The van der Waals surface area contributed by atoms with Gasteiger partial charge in [0.15, 0.2) is 11.4 Å². The number of nitrogens with zero attached hydrogens (tertiary/aromatic N) is 2. The molecule has 0 unspecified atom stereocenters. The van der Waals surface area contributed by atoms with Gasteiger partial charge in [0.25, 0.3) is 11.8 Å². The lowest BCUT2D eigenvalue weighted by atomic mass is 9.71. The van der Waals surface area contributed by atoms with Gasteiger partial charge < -0.3 is 24.6 Å². The molecule has 1 aliphatic carbocycles. The average molecular weight is 500 g/mol. The van der Waals surface area contributed by atoms with Crippen LogP contribution < -0.4 is 10.7 Å². The molecule has 11 heteroatoms. The Morgan fingerprint density at radius 1 is 1.36 bits per heavy atom. The van der Waals surface area contributed by atoms with E-state index in [0.717, 1.165) is 0 Å². The molecular formula is C22H24Cl2FN3O5. The van der Waals surface area contributed by atoms with Crippen molar-refractivity contribution >= 4 is 35.8 Å². The molecule has 178 valence electrons. The van der Waals surface area contributed by atoms with Crippen LogP contribution in [0.25, 0.3) is 0 Å². The predicted molar refractivity (Wildman–Crippen MR) is 122 cm³/mol. The molecule has 1 saturated carbocycles. The average Bonchev–Trinajstić information content (AvgIpc) is 2.74. The van der Waals surface area contributed by atoms with Gasteiger partial charge in [-0.2, -0.15) is 0 Å². The molecule has 33 heavy (non-hydrogen) atoms. The van der Waals surface area contributed by atoms with Gasteiger partial charge in [-0.05, 0) is 25.8 Å². The second-order valence-electron chi connectivity index (χ2n) is 8.13. The Bertz CT molecular complexity index is 1160. The highest BCUT2D eigenvalue weighted by Crippen LogP contribution is 2.44. The molecule has 0 radical (unpaired) electrons. The molecule has 2 aliphatic rings. The van der Waals surface area contributed by atoms with E-state index in [1.165, 1.54) is 22.9 Å². The first kappa shape index (κ1) is 25.0. The zero-order valence-corrected chi connectivity index (χ0v) is 19.6. The fourth-order valence-electron chi connectivity index (χ4n) is 4.65. The maximum Gasteiger partial charge on any atom is 0.275 e. The second-order valence-corrected chi connectivity index (χ2v) is 8.54. The number of rotatable bonds is 5. The highest BCUT2D eigenvalue weighted by Gasteiger charge is 2.54. The number of nitrogens with one attached hydrogen (secondary N) is 1. The van der Waals surface area contributed by atoms with Crippen molar-refractivity contribution in [3.05, 3.63) is 62.3 Å². The van der Waals surface area contributed by atoms with E-state index in [4.69, 9.17) is 16.3 Å². The maximum atomic E-state index is 14.1. The molecule has 0 saturated heterocycles. The first-order valence-electron chi connectivity index (χ1n) is 10.2. The molecule has 1 aliphatic heterocycles. The summed E-state index contributed by atoms with van der Waals surface area (Å²) in [6.07, 6.45) is 2.53. The summed E-state index contributed by atoms with van der Waals surface area (Å²) < 4.78 is 20.9. The number of carbonyl (C=O) groups is 2. The Hall–Kier alpha value is -2.62. The summed E-state index contributed by atoms with van der Waals surface area (Å²) in [5.74, 6) is -2.68. The Kier molecular flexibility index (Phi) is 7.07. The van der Waals surface area contributed by atoms with Gasteiger partial charge in [-0.25, -0.2) is 4.39 Å². The minimum Gasteiger partial charge on any atom is -0.503 e. The van der Waals surface area contributed by atoms with E-state index in [-0.39, 0.29) is 46.9 Å². The van der Waals surface area contributed by atoms with Crippen LogP contribution in [0.15, 0.2) is 29.2 Å². The fraction of sp³-hybridized carbons (Fsp3) is 0.409. The van der Waals surface area contributed by atoms with Crippen LogP contribution in [0, 0.1) is 5.82 Å². The van der Waals surface area contributed by atoms with E-state index in [0.29, 0.717) is 25.9 Å². The van der Waals surface area contributed by atoms with Crippen LogP contribution in [0.2, 0.25) is 5.02 Å². The highest BCUT2D eigenvalue weighted by molar-refractivity contribution is 6.30. The second kappa shape index (κ2) is 9.32. The normalized spacial score (nSPS) is 21.3. The number of methoxy groups -OCH3 is 1. The molecule has 8 nitrogen and oxygen atoms in total. The third-order valence-electron chi connectivity index (χ3n) is 6.32. The number of aromatic nitrogens is 1. The van der Waals surface area contributed by atoms with Gasteiger partial charge in [0.2, 0.25) is 5.43 Å². The summed E-state index contributed by atoms with van der Waals surface area (Å²) in [6, 6.07) is 4.39. The minimum absolute atomic E-state index is 0. The summed E-state index contributed by atoms with van der Waals surface area (Å²) in [6.45, 7) is 2.37. The smallest absolute Gasteiger partial charge is 0.275 e. The minimum atomic E-state index is -0.955. The van der Waals surface area contributed by atoms with Gasteiger partial charge in [-0.3, -0.25) is 14.4 Å². The number of carbonyl (C=O) groups excluding carboxylic acids is 2. The largest absolute Gasteiger partial charge is 0.503 e. The van der Waals surface area contributed by atoms with Crippen LogP contribution in [0.4, 0.5) is 4.39 Å². The molecule has 2 aromatic rings. The van der Waals surface area contributed by atoms with Crippen molar-refractivity contribution in [2.75, 3.05) is 13.7 Å². The number of aromatic hydroxyl groups is 1. The Morgan fingerprint density at radius 2 is 2.06 bits per heavy atom. The molecular weight excluding hydrogens is 476 g/mol. The van der Waals surface area contributed by atoms with Crippen LogP contribution >= 0.6 is 24.0 Å². The Balaban J connectivity index is 0.00000306. The molecule has 2 heterocycles. The summed E-state index contributed by atoms with van der Waals surface area (Å²) >= 11 is 5.76. The number of fused-ring (bicyclic) bond motifs is 1. The summed E-state index contributed by atoms with van der Waals surface area (Å²) in [5, 5.41) is 12.9. The van der Waals surface area contributed by atoms with Crippen LogP contribution in [0.5, 0.6) is 5.75 Å². The van der Waals surface area contributed by atoms with Gasteiger partial charge in [0, 0.05) is 38.5 Å². The van der Waals surface area contributed by atoms with E-state index >= 15 is 0 Å². The maximum absolute atomic E-state index is 14.1. The number of hydrogen-bond donors (Lipinski definition) is 2. The van der Waals surface area contributed by atoms with Crippen LogP contribution in [-0.2, 0) is 17.8 Å². The molecule has 1 spiro atoms. The van der Waals surface area contributed by atoms with Crippen molar-refractivity contribution in [1.82, 2.24) is 14.8 Å². The molecule has 0 atom stereocenters. The molecule has 4 rings (SSSR count). The van der Waals surface area contributed by atoms with E-state index in [1.807, 2.05) is 6.92 Å². The fourth-order valence-corrected chi connectivity index (χ4v) is 4.84. The molecule has 1 fully saturated rings. The first-order valence-corrected chi connectivity index (χ1v) is 10.6. The van der Waals surface area contributed by atoms with Gasteiger partial charge in [0.05, 0.1) is 16.7 Å². The lowest BCUT2D eigenvalue weighted by Crippen LogP contribution is -2.66. The zero-order valence-electron chi connectivity index (χ0n) is 18.1. The van der Waals surface area contributed by atoms with Crippen molar-refractivity contribution in [1.29, 1.82) is 0 Å². The van der Waals surface area contributed by atoms with Crippen molar-refractivity contribution in [2.45, 2.75) is 44.5 Å². The molecule has 1 aromatic carbocycles. The summed E-state index contributed by atoms with van der Waals surface area (Å²) in [4.78, 5) is 40.1. The van der Waals surface area contributed by atoms with E-state index < -0.39 is 34.3 Å². The zero-order chi connectivity index (χ0) is 23.2. The molecule has 1 aromatic heterocycles. The topological polar surface area (TPSA) is 101 Å². The van der Waals surface area contributed by atoms with Crippen molar-refractivity contribution < 1.29 is 23.8 Å². The lowest BCUT2D eigenvalue weighted by molar-refractivity contribution is -0.0910.